The van der Waals surface area contributed by atoms with Crippen LogP contribution in [0.5, 0.6) is 11.5 Å². The minimum Gasteiger partial charge on any atom is -0.508 e. The molecule has 2 aromatic rings. The van der Waals surface area contributed by atoms with Crippen LogP contribution >= 0.6 is 0 Å². The van der Waals surface area contributed by atoms with Gasteiger partial charge in [0.1, 0.15) is 17.8 Å². The summed E-state index contributed by atoms with van der Waals surface area (Å²) in [6, 6.07) is 10.5. The van der Waals surface area contributed by atoms with Crippen LogP contribution in [-0.2, 0) is 11.2 Å². The Bertz CT molecular complexity index is 580. The second-order valence-corrected chi connectivity index (χ2v) is 4.49. The molecule has 1 aliphatic carbocycles. The molecule has 2 aromatic carbocycles. The van der Waals surface area contributed by atoms with Gasteiger partial charge in [0.05, 0.1) is 5.92 Å². The predicted molar refractivity (Wildman–Crippen MR) is 66.9 cm³/mol. The number of aromatic hydroxyl groups is 2. The molecule has 0 spiro atoms. The van der Waals surface area contributed by atoms with Gasteiger partial charge >= 0.3 is 0 Å². The molecule has 0 amide bonds. The lowest BCUT2D eigenvalue weighted by molar-refractivity contribution is -0.108. The number of fused-ring (bicyclic) bond motifs is 2. The van der Waals surface area contributed by atoms with Crippen LogP contribution < -0.4 is 0 Å². The first kappa shape index (κ1) is 10.8. The van der Waals surface area contributed by atoms with Gasteiger partial charge in [-0.05, 0) is 29.7 Å². The van der Waals surface area contributed by atoms with E-state index in [1.54, 1.807) is 24.3 Å². The average Bonchev–Trinajstić information content (AvgIpc) is 2.37. The van der Waals surface area contributed by atoms with Crippen LogP contribution in [0.2, 0.25) is 0 Å². The maximum Gasteiger partial charge on any atom is 0.132 e. The van der Waals surface area contributed by atoms with Gasteiger partial charge in [0.15, 0.2) is 0 Å². The molecule has 0 heterocycles. The predicted octanol–water partition coefficient (Wildman–Crippen LogP) is 2.33. The number of hydrogen-bond acceptors (Lipinski definition) is 3. The van der Waals surface area contributed by atoms with Crippen LogP contribution in [-0.4, -0.2) is 16.5 Å². The Morgan fingerprint density at radius 1 is 0.944 bits per heavy atom. The van der Waals surface area contributed by atoms with Crippen LogP contribution in [0.15, 0.2) is 36.4 Å². The molecule has 0 bridgehead atoms. The summed E-state index contributed by atoms with van der Waals surface area (Å²) >= 11 is 0. The molecule has 0 unspecified atom stereocenters. The lowest BCUT2D eigenvalue weighted by atomic mass is 9.78. The zero-order chi connectivity index (χ0) is 12.7. The van der Waals surface area contributed by atoms with Crippen LogP contribution in [0.1, 0.15) is 28.2 Å². The SMILES string of the molecule is O=CC1c2c(O)cccc2Cc2cccc(O)c21. The first-order chi connectivity index (χ1) is 8.72. The Morgan fingerprint density at radius 3 is 1.89 bits per heavy atom. The van der Waals surface area contributed by atoms with Gasteiger partial charge in [-0.3, -0.25) is 0 Å². The van der Waals surface area contributed by atoms with Crippen molar-refractivity contribution in [1.82, 2.24) is 0 Å². The van der Waals surface area contributed by atoms with Crippen molar-refractivity contribution in [3.8, 4) is 11.5 Å². The molecular formula is C15H12O3. The number of carbonyl (C=O) groups is 1. The summed E-state index contributed by atoms with van der Waals surface area (Å²) in [5, 5.41) is 19.9. The highest BCUT2D eigenvalue weighted by Gasteiger charge is 2.29. The van der Waals surface area contributed by atoms with E-state index in [-0.39, 0.29) is 11.5 Å². The van der Waals surface area contributed by atoms with Crippen molar-refractivity contribution in [3.05, 3.63) is 58.7 Å². The summed E-state index contributed by atoms with van der Waals surface area (Å²) in [6.45, 7) is 0. The van der Waals surface area contributed by atoms with Crippen molar-refractivity contribution in [2.45, 2.75) is 12.3 Å². The van der Waals surface area contributed by atoms with Crippen molar-refractivity contribution < 1.29 is 15.0 Å². The highest BCUT2D eigenvalue weighted by Crippen LogP contribution is 2.43. The van der Waals surface area contributed by atoms with E-state index < -0.39 is 5.92 Å². The normalized spacial score (nSPS) is 13.8. The Labute approximate surface area is 104 Å². The summed E-state index contributed by atoms with van der Waals surface area (Å²) < 4.78 is 0. The molecule has 3 rings (SSSR count). The number of phenolic OH excluding ortho intramolecular Hbond substituents is 2. The molecule has 3 nitrogen and oxygen atoms in total. The Hall–Kier alpha value is -2.29. The van der Waals surface area contributed by atoms with Crippen LogP contribution in [0.3, 0.4) is 0 Å². The maximum absolute atomic E-state index is 11.4. The summed E-state index contributed by atoms with van der Waals surface area (Å²) in [7, 11) is 0. The van der Waals surface area contributed by atoms with Crippen molar-refractivity contribution in [2.75, 3.05) is 0 Å². The molecule has 0 atom stereocenters. The van der Waals surface area contributed by atoms with E-state index in [9.17, 15) is 15.0 Å². The van der Waals surface area contributed by atoms with E-state index >= 15 is 0 Å². The third-order valence-corrected chi connectivity index (χ3v) is 3.49. The fraction of sp³-hybridized carbons (Fsp3) is 0.133. The number of hydrogen-bond donors (Lipinski definition) is 2. The molecule has 1 aliphatic rings. The summed E-state index contributed by atoms with van der Waals surface area (Å²) in [5.74, 6) is -0.372. The zero-order valence-electron chi connectivity index (χ0n) is 9.63. The van der Waals surface area contributed by atoms with Gasteiger partial charge < -0.3 is 15.0 Å². The van der Waals surface area contributed by atoms with E-state index in [4.69, 9.17) is 0 Å². The zero-order valence-corrected chi connectivity index (χ0v) is 9.63. The quantitative estimate of drug-likeness (QED) is 0.752. The fourth-order valence-corrected chi connectivity index (χ4v) is 2.71. The summed E-state index contributed by atoms with van der Waals surface area (Å²) in [6.07, 6.45) is 1.40. The van der Waals surface area contributed by atoms with Gasteiger partial charge in [0.2, 0.25) is 0 Å². The summed E-state index contributed by atoms with van der Waals surface area (Å²) in [5.41, 5.74) is 3.10. The lowest BCUT2D eigenvalue weighted by Gasteiger charge is -2.26. The smallest absolute Gasteiger partial charge is 0.132 e. The largest absolute Gasteiger partial charge is 0.508 e. The minimum atomic E-state index is -0.592. The number of rotatable bonds is 1. The second-order valence-electron chi connectivity index (χ2n) is 4.49. The number of aldehydes is 1. The van der Waals surface area contributed by atoms with Gasteiger partial charge in [-0.2, -0.15) is 0 Å². The van der Waals surface area contributed by atoms with Crippen LogP contribution in [0.4, 0.5) is 0 Å². The third-order valence-electron chi connectivity index (χ3n) is 3.49. The molecule has 0 aliphatic heterocycles. The van der Waals surface area contributed by atoms with Gasteiger partial charge in [-0.15, -0.1) is 0 Å². The van der Waals surface area contributed by atoms with Crippen molar-refractivity contribution in [2.24, 2.45) is 0 Å². The standard InChI is InChI=1S/C15H12O3/c16-8-11-14-9(3-1-5-12(14)17)7-10-4-2-6-13(18)15(10)11/h1-6,8,11,17-18H,7H2. The van der Waals surface area contributed by atoms with Gasteiger partial charge in [-0.25, -0.2) is 0 Å². The monoisotopic (exact) mass is 240 g/mol. The first-order valence-corrected chi connectivity index (χ1v) is 5.79. The van der Waals surface area contributed by atoms with Crippen molar-refractivity contribution in [3.63, 3.8) is 0 Å². The Morgan fingerprint density at radius 2 is 1.44 bits per heavy atom. The molecule has 0 saturated heterocycles. The molecule has 90 valence electrons. The number of carbonyl (C=O) groups excluding carboxylic acids is 1. The highest BCUT2D eigenvalue weighted by atomic mass is 16.3. The molecule has 0 fully saturated rings. The van der Waals surface area contributed by atoms with Crippen molar-refractivity contribution in [1.29, 1.82) is 0 Å². The van der Waals surface area contributed by atoms with Crippen LogP contribution in [0, 0.1) is 0 Å². The van der Waals surface area contributed by atoms with Gasteiger partial charge in [0, 0.05) is 11.1 Å². The van der Waals surface area contributed by atoms with E-state index in [0.717, 1.165) is 17.4 Å². The minimum absolute atomic E-state index is 0.110. The van der Waals surface area contributed by atoms with E-state index in [1.807, 2.05) is 12.1 Å². The Kier molecular flexibility index (Phi) is 2.33. The third kappa shape index (κ3) is 1.40. The van der Waals surface area contributed by atoms with E-state index in [2.05, 4.69) is 0 Å². The molecule has 0 aromatic heterocycles. The summed E-state index contributed by atoms with van der Waals surface area (Å²) in [4.78, 5) is 11.4. The number of phenols is 2. The average molecular weight is 240 g/mol. The molecule has 2 N–H and O–H groups in total. The lowest BCUT2D eigenvalue weighted by Crippen LogP contribution is -2.15. The topological polar surface area (TPSA) is 57.5 Å². The second kappa shape index (κ2) is 3.88. The fourth-order valence-electron chi connectivity index (χ4n) is 2.71. The van der Waals surface area contributed by atoms with Crippen molar-refractivity contribution >= 4 is 6.29 Å². The molecule has 0 radical (unpaired) electrons. The van der Waals surface area contributed by atoms with Gasteiger partial charge in [0.25, 0.3) is 0 Å². The van der Waals surface area contributed by atoms with Gasteiger partial charge in [-0.1, -0.05) is 24.3 Å². The molecule has 0 saturated carbocycles. The Balaban J connectivity index is 2.30. The number of benzene rings is 2. The van der Waals surface area contributed by atoms with Crippen LogP contribution in [0.25, 0.3) is 0 Å². The molecule has 18 heavy (non-hydrogen) atoms. The molecular weight excluding hydrogens is 228 g/mol. The highest BCUT2D eigenvalue weighted by molar-refractivity contribution is 5.76. The first-order valence-electron chi connectivity index (χ1n) is 5.79. The van der Waals surface area contributed by atoms with E-state index in [0.29, 0.717) is 17.5 Å². The molecule has 3 heteroatoms. The maximum atomic E-state index is 11.4. The van der Waals surface area contributed by atoms with E-state index in [1.165, 1.54) is 0 Å².